The zero-order chi connectivity index (χ0) is 19.1. The number of likely N-dealkylation sites (N-methyl/N-ethyl adjacent to an activating group) is 1. The SMILES string of the molecule is CC1CCC(C2=CCC(C(=O)N(C)CC(=O)N(CO)CCO)C=C2)CC1. The van der Waals surface area contributed by atoms with Gasteiger partial charge in [0, 0.05) is 13.6 Å². The van der Waals surface area contributed by atoms with E-state index in [0.717, 1.165) is 10.8 Å². The molecule has 146 valence electrons. The van der Waals surface area contributed by atoms with Crippen molar-refractivity contribution < 1.29 is 19.8 Å². The van der Waals surface area contributed by atoms with Crippen LogP contribution in [0, 0.1) is 17.8 Å². The molecule has 0 aliphatic heterocycles. The van der Waals surface area contributed by atoms with Gasteiger partial charge in [0.15, 0.2) is 0 Å². The first-order valence-corrected chi connectivity index (χ1v) is 9.59. The van der Waals surface area contributed by atoms with Gasteiger partial charge in [0.2, 0.25) is 11.8 Å². The van der Waals surface area contributed by atoms with Gasteiger partial charge in [-0.25, -0.2) is 0 Å². The minimum absolute atomic E-state index is 0.0623. The molecule has 0 saturated heterocycles. The molecule has 6 nitrogen and oxygen atoms in total. The number of aliphatic hydroxyl groups is 2. The Morgan fingerprint density at radius 2 is 1.88 bits per heavy atom. The average molecular weight is 364 g/mol. The van der Waals surface area contributed by atoms with Gasteiger partial charge in [-0.2, -0.15) is 0 Å². The van der Waals surface area contributed by atoms with Gasteiger partial charge in [-0.15, -0.1) is 0 Å². The molecule has 0 aromatic rings. The zero-order valence-corrected chi connectivity index (χ0v) is 15.9. The predicted molar refractivity (Wildman–Crippen MR) is 100.0 cm³/mol. The number of carbonyl (C=O) groups excluding carboxylic acids is 2. The summed E-state index contributed by atoms with van der Waals surface area (Å²) in [6, 6.07) is 0. The fourth-order valence-corrected chi connectivity index (χ4v) is 3.78. The van der Waals surface area contributed by atoms with Gasteiger partial charge < -0.3 is 20.0 Å². The van der Waals surface area contributed by atoms with E-state index in [1.54, 1.807) is 7.05 Å². The first-order chi connectivity index (χ1) is 12.5. The number of nitrogens with zero attached hydrogens (tertiary/aromatic N) is 2. The Balaban J connectivity index is 1.85. The highest BCUT2D eigenvalue weighted by Crippen LogP contribution is 2.35. The maximum Gasteiger partial charge on any atom is 0.244 e. The van der Waals surface area contributed by atoms with Crippen LogP contribution in [0.15, 0.2) is 23.8 Å². The molecule has 0 aromatic heterocycles. The first kappa shape index (κ1) is 20.6. The normalized spacial score (nSPS) is 25.5. The fourth-order valence-electron chi connectivity index (χ4n) is 3.78. The van der Waals surface area contributed by atoms with Crippen LogP contribution < -0.4 is 0 Å². The summed E-state index contributed by atoms with van der Waals surface area (Å²) in [5.74, 6) is 0.743. The number of aliphatic hydroxyl groups excluding tert-OH is 2. The molecular formula is C20H32N2O4. The second-order valence-corrected chi connectivity index (χ2v) is 7.58. The van der Waals surface area contributed by atoms with Crippen LogP contribution in [0.5, 0.6) is 0 Å². The number of carbonyl (C=O) groups is 2. The smallest absolute Gasteiger partial charge is 0.244 e. The Morgan fingerprint density at radius 1 is 1.19 bits per heavy atom. The molecular weight excluding hydrogens is 332 g/mol. The molecule has 1 fully saturated rings. The predicted octanol–water partition coefficient (Wildman–Crippen LogP) is 1.54. The molecule has 2 aliphatic carbocycles. The summed E-state index contributed by atoms with van der Waals surface area (Å²) in [6.07, 6.45) is 11.9. The summed E-state index contributed by atoms with van der Waals surface area (Å²) in [5, 5.41) is 18.1. The highest BCUT2D eigenvalue weighted by atomic mass is 16.3. The van der Waals surface area contributed by atoms with Crippen LogP contribution in [-0.2, 0) is 9.59 Å². The van der Waals surface area contributed by atoms with Crippen molar-refractivity contribution in [3.8, 4) is 0 Å². The van der Waals surface area contributed by atoms with Gasteiger partial charge in [-0.1, -0.05) is 38.0 Å². The molecule has 1 unspecified atom stereocenters. The molecule has 0 spiro atoms. The van der Waals surface area contributed by atoms with E-state index in [0.29, 0.717) is 12.3 Å². The van der Waals surface area contributed by atoms with Gasteiger partial charge in [-0.05, 0) is 36.7 Å². The molecule has 2 amide bonds. The largest absolute Gasteiger partial charge is 0.395 e. The van der Waals surface area contributed by atoms with E-state index < -0.39 is 6.73 Å². The maximum atomic E-state index is 12.6. The molecule has 6 heteroatoms. The van der Waals surface area contributed by atoms with Crippen LogP contribution in [0.4, 0.5) is 0 Å². The van der Waals surface area contributed by atoms with E-state index in [4.69, 9.17) is 10.2 Å². The van der Waals surface area contributed by atoms with Crippen molar-refractivity contribution in [2.24, 2.45) is 17.8 Å². The molecule has 2 aliphatic rings. The summed E-state index contributed by atoms with van der Waals surface area (Å²) in [6.45, 7) is 1.60. The highest BCUT2D eigenvalue weighted by Gasteiger charge is 2.26. The first-order valence-electron chi connectivity index (χ1n) is 9.59. The van der Waals surface area contributed by atoms with Crippen molar-refractivity contribution in [1.82, 2.24) is 9.80 Å². The third-order valence-electron chi connectivity index (χ3n) is 5.57. The minimum atomic E-state index is -0.461. The van der Waals surface area contributed by atoms with Crippen LogP contribution >= 0.6 is 0 Å². The van der Waals surface area contributed by atoms with Gasteiger partial charge in [0.25, 0.3) is 0 Å². The van der Waals surface area contributed by atoms with Gasteiger partial charge in [0.05, 0.1) is 19.1 Å². The van der Waals surface area contributed by atoms with Crippen LogP contribution in [0.25, 0.3) is 0 Å². The second-order valence-electron chi connectivity index (χ2n) is 7.58. The minimum Gasteiger partial charge on any atom is -0.395 e. The molecule has 0 bridgehead atoms. The molecule has 0 heterocycles. The van der Waals surface area contributed by atoms with Crippen molar-refractivity contribution in [1.29, 1.82) is 0 Å². The fraction of sp³-hybridized carbons (Fsp3) is 0.700. The number of allylic oxidation sites excluding steroid dienone is 3. The molecule has 1 atom stereocenters. The zero-order valence-electron chi connectivity index (χ0n) is 15.9. The van der Waals surface area contributed by atoms with Crippen molar-refractivity contribution in [3.63, 3.8) is 0 Å². The van der Waals surface area contributed by atoms with Gasteiger partial charge in [-0.3, -0.25) is 9.59 Å². The Kier molecular flexibility index (Phi) is 7.85. The Morgan fingerprint density at radius 3 is 2.42 bits per heavy atom. The van der Waals surface area contributed by atoms with E-state index in [-0.39, 0.29) is 37.4 Å². The molecule has 1 saturated carbocycles. The summed E-state index contributed by atoms with van der Waals surface area (Å²) in [4.78, 5) is 27.2. The van der Waals surface area contributed by atoms with E-state index in [1.165, 1.54) is 36.2 Å². The van der Waals surface area contributed by atoms with Crippen molar-refractivity contribution in [3.05, 3.63) is 23.8 Å². The third-order valence-corrected chi connectivity index (χ3v) is 5.57. The summed E-state index contributed by atoms with van der Waals surface area (Å²) < 4.78 is 0. The number of hydrogen-bond acceptors (Lipinski definition) is 4. The van der Waals surface area contributed by atoms with E-state index in [2.05, 4.69) is 19.1 Å². The molecule has 2 N–H and O–H groups in total. The van der Waals surface area contributed by atoms with Crippen LogP contribution in [0.1, 0.15) is 39.0 Å². The lowest BCUT2D eigenvalue weighted by Crippen LogP contribution is -2.44. The van der Waals surface area contributed by atoms with E-state index in [9.17, 15) is 9.59 Å². The Hall–Kier alpha value is -1.66. The van der Waals surface area contributed by atoms with E-state index >= 15 is 0 Å². The summed E-state index contributed by atoms with van der Waals surface area (Å²) >= 11 is 0. The topological polar surface area (TPSA) is 81.1 Å². The van der Waals surface area contributed by atoms with Gasteiger partial charge in [0.1, 0.15) is 6.73 Å². The van der Waals surface area contributed by atoms with Crippen molar-refractivity contribution >= 4 is 11.8 Å². The third kappa shape index (κ3) is 5.42. The van der Waals surface area contributed by atoms with Crippen LogP contribution in [-0.4, -0.2) is 65.3 Å². The van der Waals surface area contributed by atoms with Crippen molar-refractivity contribution in [2.75, 3.05) is 33.5 Å². The van der Waals surface area contributed by atoms with Gasteiger partial charge >= 0.3 is 0 Å². The summed E-state index contributed by atoms with van der Waals surface area (Å²) in [5.41, 5.74) is 1.36. The standard InChI is InChI=1S/C20H32N2O4/c1-15-3-5-16(6-4-15)17-7-9-18(10-8-17)20(26)21(2)13-19(25)22(14-24)11-12-23/h7-9,15-16,18,23-24H,3-6,10-14H2,1-2H3. The molecule has 26 heavy (non-hydrogen) atoms. The Labute approximate surface area is 156 Å². The monoisotopic (exact) mass is 364 g/mol. The lowest BCUT2D eigenvalue weighted by atomic mass is 9.77. The average Bonchev–Trinajstić information content (AvgIpc) is 2.66. The van der Waals surface area contributed by atoms with E-state index in [1.807, 2.05) is 6.08 Å². The maximum absolute atomic E-state index is 12.6. The summed E-state index contributed by atoms with van der Waals surface area (Å²) in [7, 11) is 1.60. The lowest BCUT2D eigenvalue weighted by Gasteiger charge is -2.30. The van der Waals surface area contributed by atoms with Crippen LogP contribution in [0.3, 0.4) is 0 Å². The lowest BCUT2D eigenvalue weighted by molar-refractivity contribution is -0.143. The molecule has 2 rings (SSSR count). The highest BCUT2D eigenvalue weighted by molar-refractivity contribution is 5.86. The molecule has 0 radical (unpaired) electrons. The number of amides is 2. The quantitative estimate of drug-likeness (QED) is 0.672. The van der Waals surface area contributed by atoms with Crippen LogP contribution in [0.2, 0.25) is 0 Å². The van der Waals surface area contributed by atoms with Crippen molar-refractivity contribution in [2.45, 2.75) is 39.0 Å². The number of hydrogen-bond donors (Lipinski definition) is 2. The molecule has 0 aromatic carbocycles. The second kappa shape index (κ2) is 9.88. The Bertz CT molecular complexity index is 550. The number of rotatable bonds is 7.